The van der Waals surface area contributed by atoms with Crippen molar-refractivity contribution >= 4 is 29.0 Å². The van der Waals surface area contributed by atoms with Crippen LogP contribution in [-0.4, -0.2) is 20.3 Å². The van der Waals surface area contributed by atoms with Crippen LogP contribution in [0.4, 0.5) is 5.82 Å². The van der Waals surface area contributed by atoms with E-state index in [1.54, 1.807) is 22.7 Å². The second-order valence-corrected chi connectivity index (χ2v) is 4.34. The van der Waals surface area contributed by atoms with Gasteiger partial charge in [0.1, 0.15) is 17.2 Å². The average molecular weight is 273 g/mol. The number of pyridine rings is 2. The van der Waals surface area contributed by atoms with E-state index in [1.807, 2.05) is 24.4 Å². The van der Waals surface area contributed by atoms with Crippen LogP contribution in [0.15, 0.2) is 48.9 Å². The third kappa shape index (κ3) is 2.41. The molecule has 0 unspecified atom stereocenters. The molecule has 3 rings (SSSR count). The van der Waals surface area contributed by atoms with Crippen LogP contribution in [-0.2, 0) is 0 Å². The summed E-state index contributed by atoms with van der Waals surface area (Å²) in [6.45, 7) is 0. The van der Waals surface area contributed by atoms with Crippen molar-refractivity contribution in [3.8, 4) is 0 Å². The summed E-state index contributed by atoms with van der Waals surface area (Å²) in [5.74, 6) is 0.130. The summed E-state index contributed by atoms with van der Waals surface area (Å²) in [5, 5.41) is 3.18. The van der Waals surface area contributed by atoms with Crippen LogP contribution >= 0.6 is 11.6 Å². The molecule has 1 amide bonds. The van der Waals surface area contributed by atoms with Gasteiger partial charge >= 0.3 is 0 Å². The molecule has 0 aliphatic heterocycles. The molecule has 0 saturated heterocycles. The number of amides is 1. The average Bonchev–Trinajstić information content (AvgIpc) is 2.85. The van der Waals surface area contributed by atoms with E-state index in [4.69, 9.17) is 11.6 Å². The number of hydrogen-bond donors (Lipinski definition) is 1. The highest BCUT2D eigenvalue weighted by molar-refractivity contribution is 6.30. The van der Waals surface area contributed by atoms with E-state index in [0.717, 1.165) is 5.65 Å². The Labute approximate surface area is 113 Å². The van der Waals surface area contributed by atoms with Crippen molar-refractivity contribution in [2.45, 2.75) is 0 Å². The Kier molecular flexibility index (Phi) is 2.89. The summed E-state index contributed by atoms with van der Waals surface area (Å²) in [6, 6.07) is 8.86. The van der Waals surface area contributed by atoms with Crippen LogP contribution in [0.25, 0.3) is 5.65 Å². The van der Waals surface area contributed by atoms with Gasteiger partial charge in [0.2, 0.25) is 0 Å². The summed E-state index contributed by atoms with van der Waals surface area (Å²) in [7, 11) is 0. The van der Waals surface area contributed by atoms with Crippen molar-refractivity contribution in [1.29, 1.82) is 0 Å². The van der Waals surface area contributed by atoms with E-state index in [1.165, 1.54) is 6.20 Å². The largest absolute Gasteiger partial charge is 0.306 e. The Hall–Kier alpha value is -2.40. The third-order valence-corrected chi connectivity index (χ3v) is 2.79. The number of hydrogen-bond acceptors (Lipinski definition) is 3. The summed E-state index contributed by atoms with van der Waals surface area (Å²) in [4.78, 5) is 20.2. The highest BCUT2D eigenvalue weighted by Crippen LogP contribution is 2.11. The van der Waals surface area contributed by atoms with E-state index >= 15 is 0 Å². The SMILES string of the molecule is O=C(Nc1ccc(Cl)cn1)c1cn2ccccc2n1. The maximum atomic E-state index is 12.0. The topological polar surface area (TPSA) is 59.3 Å². The molecule has 94 valence electrons. The molecule has 6 heteroatoms. The predicted octanol–water partition coefficient (Wildman–Crippen LogP) is 2.64. The zero-order valence-electron chi connectivity index (χ0n) is 9.75. The normalized spacial score (nSPS) is 10.6. The number of anilines is 1. The smallest absolute Gasteiger partial charge is 0.277 e. The lowest BCUT2D eigenvalue weighted by Gasteiger charge is -2.01. The molecule has 0 spiro atoms. The first kappa shape index (κ1) is 11.7. The Morgan fingerprint density at radius 2 is 2.16 bits per heavy atom. The zero-order valence-corrected chi connectivity index (χ0v) is 10.5. The van der Waals surface area contributed by atoms with E-state index < -0.39 is 0 Å². The van der Waals surface area contributed by atoms with Crippen molar-refractivity contribution in [1.82, 2.24) is 14.4 Å². The molecule has 0 aliphatic carbocycles. The summed E-state index contributed by atoms with van der Waals surface area (Å²) in [5.41, 5.74) is 1.06. The first-order chi connectivity index (χ1) is 9.22. The molecule has 3 heterocycles. The fourth-order valence-electron chi connectivity index (χ4n) is 1.67. The van der Waals surface area contributed by atoms with Crippen molar-refractivity contribution in [3.05, 3.63) is 59.6 Å². The number of fused-ring (bicyclic) bond motifs is 1. The molecule has 0 fully saturated rings. The molecule has 5 nitrogen and oxygen atoms in total. The van der Waals surface area contributed by atoms with Crippen molar-refractivity contribution in [3.63, 3.8) is 0 Å². The Balaban J connectivity index is 1.85. The fraction of sp³-hybridized carbons (Fsp3) is 0. The molecule has 0 atom stereocenters. The number of halogens is 1. The van der Waals surface area contributed by atoms with Crippen LogP contribution in [0, 0.1) is 0 Å². The van der Waals surface area contributed by atoms with Gasteiger partial charge in [-0.3, -0.25) is 4.79 Å². The fourth-order valence-corrected chi connectivity index (χ4v) is 1.79. The number of carbonyl (C=O) groups is 1. The van der Waals surface area contributed by atoms with Gasteiger partial charge in [0.15, 0.2) is 0 Å². The van der Waals surface area contributed by atoms with E-state index in [9.17, 15) is 4.79 Å². The molecule has 1 N–H and O–H groups in total. The van der Waals surface area contributed by atoms with Gasteiger partial charge in [0.25, 0.3) is 5.91 Å². The molecule has 0 radical (unpaired) electrons. The van der Waals surface area contributed by atoms with Gasteiger partial charge in [-0.05, 0) is 24.3 Å². The molecule has 3 aromatic rings. The minimum atomic E-state index is -0.307. The quantitative estimate of drug-likeness (QED) is 0.780. The number of nitrogens with zero attached hydrogens (tertiary/aromatic N) is 3. The molecule has 0 saturated carbocycles. The standard InChI is InChI=1S/C13H9ClN4O/c14-9-4-5-11(15-7-9)17-13(19)10-8-18-6-2-1-3-12(18)16-10/h1-8H,(H,15,17,19). The van der Waals surface area contributed by atoms with E-state index in [2.05, 4.69) is 15.3 Å². The lowest BCUT2D eigenvalue weighted by Crippen LogP contribution is -2.13. The van der Waals surface area contributed by atoms with Gasteiger partial charge in [-0.15, -0.1) is 0 Å². The van der Waals surface area contributed by atoms with Gasteiger partial charge < -0.3 is 9.72 Å². The van der Waals surface area contributed by atoms with Gasteiger partial charge in [0, 0.05) is 18.6 Å². The molecule has 3 aromatic heterocycles. The first-order valence-corrected chi connectivity index (χ1v) is 5.97. The number of nitrogens with one attached hydrogen (secondary N) is 1. The van der Waals surface area contributed by atoms with Crippen molar-refractivity contribution in [2.75, 3.05) is 5.32 Å². The lowest BCUT2D eigenvalue weighted by atomic mass is 10.4. The molecular formula is C13H9ClN4O. The second kappa shape index (κ2) is 4.70. The summed E-state index contributed by atoms with van der Waals surface area (Å²) >= 11 is 5.73. The number of imidazole rings is 1. The second-order valence-electron chi connectivity index (χ2n) is 3.91. The number of aromatic nitrogens is 3. The van der Waals surface area contributed by atoms with Gasteiger partial charge in [-0.1, -0.05) is 17.7 Å². The Morgan fingerprint density at radius 1 is 1.26 bits per heavy atom. The highest BCUT2D eigenvalue weighted by Gasteiger charge is 2.11. The third-order valence-electron chi connectivity index (χ3n) is 2.57. The van der Waals surface area contributed by atoms with Crippen LogP contribution in [0.1, 0.15) is 10.5 Å². The predicted molar refractivity (Wildman–Crippen MR) is 72.4 cm³/mol. The van der Waals surface area contributed by atoms with Crippen LogP contribution in [0.2, 0.25) is 5.02 Å². The van der Waals surface area contributed by atoms with Crippen LogP contribution in [0.3, 0.4) is 0 Å². The molecule has 0 aromatic carbocycles. The van der Waals surface area contributed by atoms with Crippen molar-refractivity contribution < 1.29 is 4.79 Å². The monoisotopic (exact) mass is 272 g/mol. The van der Waals surface area contributed by atoms with Gasteiger partial charge in [0.05, 0.1) is 5.02 Å². The van der Waals surface area contributed by atoms with E-state index in [-0.39, 0.29) is 5.91 Å². The number of rotatable bonds is 2. The maximum absolute atomic E-state index is 12.0. The minimum Gasteiger partial charge on any atom is -0.306 e. The minimum absolute atomic E-state index is 0.307. The Morgan fingerprint density at radius 3 is 2.89 bits per heavy atom. The van der Waals surface area contributed by atoms with E-state index in [0.29, 0.717) is 16.5 Å². The first-order valence-electron chi connectivity index (χ1n) is 5.59. The van der Waals surface area contributed by atoms with Gasteiger partial charge in [-0.25, -0.2) is 9.97 Å². The zero-order chi connectivity index (χ0) is 13.2. The Bertz CT molecular complexity index is 703. The number of carbonyl (C=O) groups excluding carboxylic acids is 1. The molecule has 0 bridgehead atoms. The molecule has 0 aliphatic rings. The van der Waals surface area contributed by atoms with Crippen molar-refractivity contribution in [2.24, 2.45) is 0 Å². The maximum Gasteiger partial charge on any atom is 0.277 e. The lowest BCUT2D eigenvalue weighted by molar-refractivity contribution is 0.102. The summed E-state index contributed by atoms with van der Waals surface area (Å²) in [6.07, 6.45) is 4.97. The van der Waals surface area contributed by atoms with Crippen LogP contribution < -0.4 is 5.32 Å². The van der Waals surface area contributed by atoms with Crippen LogP contribution in [0.5, 0.6) is 0 Å². The highest BCUT2D eigenvalue weighted by atomic mass is 35.5. The molecular weight excluding hydrogens is 264 g/mol. The summed E-state index contributed by atoms with van der Waals surface area (Å²) < 4.78 is 1.78. The van der Waals surface area contributed by atoms with Gasteiger partial charge in [-0.2, -0.15) is 0 Å². The molecule has 19 heavy (non-hydrogen) atoms.